The van der Waals surface area contributed by atoms with Crippen LogP contribution in [0.25, 0.3) is 0 Å². The van der Waals surface area contributed by atoms with Crippen LogP contribution in [0.15, 0.2) is 18.5 Å². The van der Waals surface area contributed by atoms with Crippen LogP contribution in [0.2, 0.25) is 0 Å². The van der Waals surface area contributed by atoms with Crippen LogP contribution in [0.4, 0.5) is 5.69 Å². The molecule has 0 aliphatic carbocycles. The Kier molecular flexibility index (Phi) is 3.38. The second kappa shape index (κ2) is 4.55. The van der Waals surface area contributed by atoms with Gasteiger partial charge in [0.15, 0.2) is 0 Å². The van der Waals surface area contributed by atoms with E-state index in [0.717, 1.165) is 17.7 Å². The molecule has 1 aromatic rings. The first-order valence-corrected chi connectivity index (χ1v) is 6.41. The Bertz CT molecular complexity index is 419. The van der Waals surface area contributed by atoms with Crippen molar-refractivity contribution in [2.24, 2.45) is 0 Å². The lowest BCUT2D eigenvalue weighted by Crippen LogP contribution is -2.41. The van der Waals surface area contributed by atoms with Gasteiger partial charge in [0.05, 0.1) is 11.2 Å². The number of rotatable bonds is 3. The zero-order valence-electron chi connectivity index (χ0n) is 11.8. The summed E-state index contributed by atoms with van der Waals surface area (Å²) in [5.41, 5.74) is 1.33. The molecule has 1 aromatic heterocycles. The van der Waals surface area contributed by atoms with Crippen LogP contribution < -0.4 is 10.8 Å². The Morgan fingerprint density at radius 1 is 1.22 bits per heavy atom. The van der Waals surface area contributed by atoms with Gasteiger partial charge in [-0.25, -0.2) is 0 Å². The largest absolute Gasteiger partial charge is 0.498 e. The molecule has 2 heterocycles. The number of nitrogens with one attached hydrogen (secondary N) is 1. The fourth-order valence-electron chi connectivity index (χ4n) is 1.92. The van der Waals surface area contributed by atoms with Crippen molar-refractivity contribution in [3.8, 4) is 0 Å². The maximum Gasteiger partial charge on any atom is 0.498 e. The average molecular weight is 248 g/mol. The van der Waals surface area contributed by atoms with E-state index < -0.39 is 0 Å². The first-order valence-electron chi connectivity index (χ1n) is 6.41. The molecule has 0 spiro atoms. The van der Waals surface area contributed by atoms with Crippen LogP contribution in [0.5, 0.6) is 0 Å². The van der Waals surface area contributed by atoms with Crippen molar-refractivity contribution >= 4 is 18.3 Å². The van der Waals surface area contributed by atoms with Crippen LogP contribution >= 0.6 is 0 Å². The molecule has 1 fully saturated rings. The average Bonchev–Trinajstić information content (AvgIpc) is 2.49. The van der Waals surface area contributed by atoms with Gasteiger partial charge in [-0.3, -0.25) is 4.98 Å². The fourth-order valence-corrected chi connectivity index (χ4v) is 1.92. The summed E-state index contributed by atoms with van der Waals surface area (Å²) in [7, 11) is -0.363. The highest BCUT2D eigenvalue weighted by Crippen LogP contribution is 2.36. The van der Waals surface area contributed by atoms with Crippen LogP contribution in [0.3, 0.4) is 0 Å². The van der Waals surface area contributed by atoms with Crippen LogP contribution in [0, 0.1) is 0 Å². The van der Waals surface area contributed by atoms with E-state index in [4.69, 9.17) is 9.31 Å². The Hall–Kier alpha value is -1.07. The first kappa shape index (κ1) is 13.4. The van der Waals surface area contributed by atoms with E-state index in [2.05, 4.69) is 44.9 Å². The summed E-state index contributed by atoms with van der Waals surface area (Å²) < 4.78 is 12.1. The highest BCUT2D eigenvalue weighted by atomic mass is 16.7. The number of hydrogen-bond donors (Lipinski definition) is 1. The van der Waals surface area contributed by atoms with Crippen LogP contribution in [0.1, 0.15) is 34.6 Å². The Morgan fingerprint density at radius 3 is 2.39 bits per heavy atom. The SMILES string of the molecule is CCNc1ccncc1B1OC(C)(C)C(C)(C)O1. The molecule has 1 saturated heterocycles. The summed E-state index contributed by atoms with van der Waals surface area (Å²) in [6.45, 7) is 11.1. The van der Waals surface area contributed by atoms with E-state index in [0.29, 0.717) is 0 Å². The van der Waals surface area contributed by atoms with E-state index in [1.54, 1.807) is 12.4 Å². The molecular weight excluding hydrogens is 227 g/mol. The lowest BCUT2D eigenvalue weighted by atomic mass is 9.79. The number of pyridine rings is 1. The molecule has 0 bridgehead atoms. The quantitative estimate of drug-likeness (QED) is 0.828. The summed E-state index contributed by atoms with van der Waals surface area (Å²) >= 11 is 0. The minimum atomic E-state index is -0.363. The van der Waals surface area contributed by atoms with Gasteiger partial charge in [0.25, 0.3) is 0 Å². The molecule has 0 unspecified atom stereocenters. The molecule has 1 aliphatic heterocycles. The summed E-state index contributed by atoms with van der Waals surface area (Å²) in [6.07, 6.45) is 3.58. The van der Waals surface area contributed by atoms with E-state index in [1.165, 1.54) is 0 Å². The Labute approximate surface area is 109 Å². The summed E-state index contributed by atoms with van der Waals surface area (Å²) in [4.78, 5) is 4.17. The maximum atomic E-state index is 6.03. The van der Waals surface area contributed by atoms with Gasteiger partial charge in [0, 0.05) is 30.1 Å². The zero-order valence-corrected chi connectivity index (χ0v) is 11.8. The van der Waals surface area contributed by atoms with Gasteiger partial charge in [-0.2, -0.15) is 0 Å². The van der Waals surface area contributed by atoms with Gasteiger partial charge in [0.1, 0.15) is 0 Å². The number of anilines is 1. The van der Waals surface area contributed by atoms with Gasteiger partial charge in [0.2, 0.25) is 0 Å². The molecule has 98 valence electrons. The monoisotopic (exact) mass is 248 g/mol. The third kappa shape index (κ3) is 2.25. The number of hydrogen-bond acceptors (Lipinski definition) is 4. The predicted octanol–water partition coefficient (Wildman–Crippen LogP) is 1.81. The third-order valence-electron chi connectivity index (χ3n) is 3.73. The van der Waals surface area contributed by atoms with Crippen molar-refractivity contribution in [2.75, 3.05) is 11.9 Å². The molecule has 0 radical (unpaired) electrons. The second-order valence-corrected chi connectivity index (χ2v) is 5.58. The van der Waals surface area contributed by atoms with Gasteiger partial charge in [-0.05, 0) is 40.7 Å². The van der Waals surface area contributed by atoms with E-state index >= 15 is 0 Å². The predicted molar refractivity (Wildman–Crippen MR) is 74.1 cm³/mol. The van der Waals surface area contributed by atoms with Crippen molar-refractivity contribution in [1.29, 1.82) is 0 Å². The molecule has 1 N–H and O–H groups in total. The van der Waals surface area contributed by atoms with Crippen LogP contribution in [-0.2, 0) is 9.31 Å². The minimum Gasteiger partial charge on any atom is -0.399 e. The lowest BCUT2D eigenvalue weighted by Gasteiger charge is -2.32. The molecule has 1 aliphatic rings. The van der Waals surface area contributed by atoms with Gasteiger partial charge in [-0.15, -0.1) is 0 Å². The number of nitrogens with zero attached hydrogens (tertiary/aromatic N) is 1. The molecule has 5 heteroatoms. The smallest absolute Gasteiger partial charge is 0.399 e. The van der Waals surface area contributed by atoms with Crippen LogP contribution in [-0.4, -0.2) is 29.8 Å². The molecule has 18 heavy (non-hydrogen) atoms. The molecule has 2 rings (SSSR count). The summed E-state index contributed by atoms with van der Waals surface area (Å²) in [6, 6.07) is 1.95. The minimum absolute atomic E-state index is 0.322. The van der Waals surface area contributed by atoms with E-state index in [9.17, 15) is 0 Å². The molecular formula is C13H21BN2O2. The van der Waals surface area contributed by atoms with Crippen molar-refractivity contribution in [3.05, 3.63) is 18.5 Å². The van der Waals surface area contributed by atoms with Gasteiger partial charge >= 0.3 is 7.12 Å². The molecule has 0 atom stereocenters. The molecule has 0 amide bonds. The second-order valence-electron chi connectivity index (χ2n) is 5.58. The highest BCUT2D eigenvalue weighted by Gasteiger charge is 2.52. The standard InChI is InChI=1S/C13H21BN2O2/c1-6-16-11-7-8-15-9-10(11)14-17-12(2,3)13(4,5)18-14/h7-9H,6H2,1-5H3,(H,15,16). The van der Waals surface area contributed by atoms with E-state index in [-0.39, 0.29) is 18.3 Å². The number of aromatic nitrogens is 1. The Balaban J connectivity index is 2.29. The fraction of sp³-hybridized carbons (Fsp3) is 0.615. The van der Waals surface area contributed by atoms with Crippen molar-refractivity contribution in [1.82, 2.24) is 4.98 Å². The summed E-state index contributed by atoms with van der Waals surface area (Å²) in [5.74, 6) is 0. The third-order valence-corrected chi connectivity index (χ3v) is 3.73. The first-order chi connectivity index (χ1) is 8.37. The topological polar surface area (TPSA) is 43.4 Å². The van der Waals surface area contributed by atoms with Crippen molar-refractivity contribution in [2.45, 2.75) is 45.8 Å². The normalized spacial score (nSPS) is 21.1. The van der Waals surface area contributed by atoms with E-state index in [1.807, 2.05) is 6.07 Å². The maximum absolute atomic E-state index is 6.03. The van der Waals surface area contributed by atoms with Gasteiger partial charge < -0.3 is 14.6 Å². The highest BCUT2D eigenvalue weighted by molar-refractivity contribution is 6.63. The molecule has 0 aromatic carbocycles. The lowest BCUT2D eigenvalue weighted by molar-refractivity contribution is 0.00578. The zero-order chi connectivity index (χ0) is 13.4. The summed E-state index contributed by atoms with van der Waals surface area (Å²) in [5, 5.41) is 3.31. The Morgan fingerprint density at radius 2 is 1.83 bits per heavy atom. The van der Waals surface area contributed by atoms with Crippen molar-refractivity contribution in [3.63, 3.8) is 0 Å². The molecule has 4 nitrogen and oxygen atoms in total. The van der Waals surface area contributed by atoms with Crippen molar-refractivity contribution < 1.29 is 9.31 Å². The van der Waals surface area contributed by atoms with Gasteiger partial charge in [-0.1, -0.05) is 0 Å². The molecule has 0 saturated carbocycles.